The van der Waals surface area contributed by atoms with Gasteiger partial charge in [-0.25, -0.2) is 8.78 Å². The third-order valence-electron chi connectivity index (χ3n) is 3.32. The van der Waals surface area contributed by atoms with E-state index in [0.29, 0.717) is 17.5 Å². The quantitative estimate of drug-likeness (QED) is 0.716. The Labute approximate surface area is 136 Å². The normalized spacial score (nSPS) is 12.6. The van der Waals surface area contributed by atoms with Crippen LogP contribution >= 0.6 is 27.3 Å². The van der Waals surface area contributed by atoms with Crippen LogP contribution in [0.2, 0.25) is 0 Å². The zero-order chi connectivity index (χ0) is 15.4. The number of benzene rings is 1. The summed E-state index contributed by atoms with van der Waals surface area (Å²) >= 11 is 5.07. The van der Waals surface area contributed by atoms with E-state index >= 15 is 0 Å². The summed E-state index contributed by atoms with van der Waals surface area (Å²) in [5.74, 6) is -0.980. The predicted octanol–water partition coefficient (Wildman–Crippen LogP) is 5.38. The second-order valence-electron chi connectivity index (χ2n) is 5.06. The van der Waals surface area contributed by atoms with E-state index in [1.165, 1.54) is 0 Å². The molecule has 0 saturated heterocycles. The van der Waals surface area contributed by atoms with Crippen LogP contribution < -0.4 is 5.32 Å². The van der Waals surface area contributed by atoms with Crippen molar-refractivity contribution in [1.82, 2.24) is 5.32 Å². The van der Waals surface area contributed by atoms with Crippen LogP contribution in [0.3, 0.4) is 0 Å². The number of aryl methyl sites for hydroxylation is 1. The van der Waals surface area contributed by atoms with Gasteiger partial charge in [-0.05, 0) is 53.5 Å². The SMILES string of the molecule is CCCNC(Cc1cc(Br)cs1)c1cc(C)c(F)cc1F. The van der Waals surface area contributed by atoms with E-state index in [2.05, 4.69) is 28.2 Å². The van der Waals surface area contributed by atoms with Crippen LogP contribution in [0.1, 0.15) is 35.4 Å². The van der Waals surface area contributed by atoms with Gasteiger partial charge in [-0.3, -0.25) is 0 Å². The molecule has 0 bridgehead atoms. The van der Waals surface area contributed by atoms with Gasteiger partial charge in [0.2, 0.25) is 0 Å². The first-order chi connectivity index (χ1) is 10.0. The minimum Gasteiger partial charge on any atom is -0.310 e. The number of nitrogens with one attached hydrogen (secondary N) is 1. The maximum atomic E-state index is 14.1. The van der Waals surface area contributed by atoms with Crippen molar-refractivity contribution in [2.24, 2.45) is 0 Å². The molecule has 1 aromatic carbocycles. The van der Waals surface area contributed by atoms with Crippen molar-refractivity contribution >= 4 is 27.3 Å². The molecule has 0 saturated carbocycles. The monoisotopic (exact) mass is 373 g/mol. The van der Waals surface area contributed by atoms with Crippen LogP contribution in [0.25, 0.3) is 0 Å². The zero-order valence-corrected chi connectivity index (χ0v) is 14.5. The highest BCUT2D eigenvalue weighted by Crippen LogP contribution is 2.28. The van der Waals surface area contributed by atoms with Crippen molar-refractivity contribution in [2.75, 3.05) is 6.54 Å². The first-order valence-corrected chi connectivity index (χ1v) is 8.60. The predicted molar refractivity (Wildman–Crippen MR) is 87.9 cm³/mol. The number of rotatable bonds is 6. The molecule has 2 rings (SSSR count). The first kappa shape index (κ1) is 16.6. The lowest BCUT2D eigenvalue weighted by molar-refractivity contribution is 0.491. The first-order valence-electron chi connectivity index (χ1n) is 6.93. The van der Waals surface area contributed by atoms with Crippen molar-refractivity contribution in [1.29, 1.82) is 0 Å². The maximum Gasteiger partial charge on any atom is 0.130 e. The maximum absolute atomic E-state index is 14.1. The third-order valence-corrected chi connectivity index (χ3v) is 5.04. The molecule has 0 spiro atoms. The van der Waals surface area contributed by atoms with Crippen LogP contribution in [-0.2, 0) is 6.42 Å². The molecule has 114 valence electrons. The standard InChI is InChI=1S/C16H18BrF2NS/c1-3-4-20-16(7-12-6-11(17)9-21-12)13-5-10(2)14(18)8-15(13)19/h5-6,8-9,16,20H,3-4,7H2,1-2H3. The summed E-state index contributed by atoms with van der Waals surface area (Å²) < 4.78 is 28.6. The van der Waals surface area contributed by atoms with Gasteiger partial charge in [0, 0.05) is 38.8 Å². The number of thiophene rings is 1. The van der Waals surface area contributed by atoms with E-state index in [9.17, 15) is 8.78 Å². The lowest BCUT2D eigenvalue weighted by Gasteiger charge is -2.20. The fourth-order valence-electron chi connectivity index (χ4n) is 2.22. The molecule has 1 aromatic heterocycles. The fraction of sp³-hybridized carbons (Fsp3) is 0.375. The number of halogens is 3. The van der Waals surface area contributed by atoms with Crippen molar-refractivity contribution in [2.45, 2.75) is 32.7 Å². The number of hydrogen-bond acceptors (Lipinski definition) is 2. The average molecular weight is 374 g/mol. The highest BCUT2D eigenvalue weighted by molar-refractivity contribution is 9.10. The van der Waals surface area contributed by atoms with E-state index in [0.717, 1.165) is 28.4 Å². The molecule has 1 heterocycles. The summed E-state index contributed by atoms with van der Waals surface area (Å²) in [6.07, 6.45) is 1.66. The van der Waals surface area contributed by atoms with Gasteiger partial charge in [0.25, 0.3) is 0 Å². The van der Waals surface area contributed by atoms with Gasteiger partial charge in [0.05, 0.1) is 0 Å². The molecule has 21 heavy (non-hydrogen) atoms. The lowest BCUT2D eigenvalue weighted by atomic mass is 9.99. The zero-order valence-electron chi connectivity index (χ0n) is 12.1. The summed E-state index contributed by atoms with van der Waals surface area (Å²) in [6.45, 7) is 4.53. The van der Waals surface area contributed by atoms with E-state index in [-0.39, 0.29) is 6.04 Å². The summed E-state index contributed by atoms with van der Waals surface area (Å²) in [5, 5.41) is 5.37. The Morgan fingerprint density at radius 3 is 2.62 bits per heavy atom. The molecule has 2 aromatic rings. The molecular weight excluding hydrogens is 356 g/mol. The Morgan fingerprint density at radius 1 is 1.24 bits per heavy atom. The molecule has 0 radical (unpaired) electrons. The summed E-state index contributed by atoms with van der Waals surface area (Å²) in [5.41, 5.74) is 1.01. The van der Waals surface area contributed by atoms with Crippen molar-refractivity contribution in [3.05, 3.63) is 55.7 Å². The lowest BCUT2D eigenvalue weighted by Crippen LogP contribution is -2.25. The highest BCUT2D eigenvalue weighted by atomic mass is 79.9. The molecule has 5 heteroatoms. The van der Waals surface area contributed by atoms with E-state index < -0.39 is 11.6 Å². The van der Waals surface area contributed by atoms with Gasteiger partial charge >= 0.3 is 0 Å². The number of hydrogen-bond donors (Lipinski definition) is 1. The molecule has 1 atom stereocenters. The smallest absolute Gasteiger partial charge is 0.130 e. The average Bonchev–Trinajstić information content (AvgIpc) is 2.84. The Bertz CT molecular complexity index is 612. The highest BCUT2D eigenvalue weighted by Gasteiger charge is 2.18. The van der Waals surface area contributed by atoms with Crippen molar-refractivity contribution in [3.63, 3.8) is 0 Å². The second kappa shape index (κ2) is 7.47. The van der Waals surface area contributed by atoms with Gasteiger partial charge in [-0.1, -0.05) is 6.92 Å². The third kappa shape index (κ3) is 4.34. The molecule has 0 fully saturated rings. The fourth-order valence-corrected chi connectivity index (χ4v) is 3.72. The van der Waals surface area contributed by atoms with E-state index in [1.54, 1.807) is 24.3 Å². The van der Waals surface area contributed by atoms with Gasteiger partial charge in [0.15, 0.2) is 0 Å². The van der Waals surface area contributed by atoms with Gasteiger partial charge in [-0.2, -0.15) is 0 Å². The van der Waals surface area contributed by atoms with E-state index in [1.807, 2.05) is 11.4 Å². The Kier molecular flexibility index (Phi) is 5.90. The summed E-state index contributed by atoms with van der Waals surface area (Å²) in [6, 6.07) is 4.49. The molecule has 0 amide bonds. The topological polar surface area (TPSA) is 12.0 Å². The Morgan fingerprint density at radius 2 is 2.00 bits per heavy atom. The summed E-state index contributed by atoms with van der Waals surface area (Å²) in [4.78, 5) is 1.16. The summed E-state index contributed by atoms with van der Waals surface area (Å²) in [7, 11) is 0. The minimum absolute atomic E-state index is 0.144. The molecule has 1 N–H and O–H groups in total. The Balaban J connectivity index is 2.28. The van der Waals surface area contributed by atoms with E-state index in [4.69, 9.17) is 0 Å². The van der Waals surface area contributed by atoms with Gasteiger partial charge in [0.1, 0.15) is 11.6 Å². The Hall–Kier alpha value is -0.780. The van der Waals surface area contributed by atoms with Crippen LogP contribution in [0.5, 0.6) is 0 Å². The second-order valence-corrected chi connectivity index (χ2v) is 6.98. The van der Waals surface area contributed by atoms with Gasteiger partial charge in [-0.15, -0.1) is 11.3 Å². The minimum atomic E-state index is -0.496. The molecule has 0 aliphatic heterocycles. The molecular formula is C16H18BrF2NS. The van der Waals surface area contributed by atoms with Crippen LogP contribution in [0.4, 0.5) is 8.78 Å². The van der Waals surface area contributed by atoms with Gasteiger partial charge < -0.3 is 5.32 Å². The molecule has 1 nitrogen and oxygen atoms in total. The molecule has 1 unspecified atom stereocenters. The van der Waals surface area contributed by atoms with Crippen LogP contribution in [0, 0.1) is 18.6 Å². The molecule has 0 aliphatic carbocycles. The largest absolute Gasteiger partial charge is 0.310 e. The van der Waals surface area contributed by atoms with Crippen LogP contribution in [0.15, 0.2) is 28.1 Å². The molecule has 0 aliphatic rings. The van der Waals surface area contributed by atoms with Crippen molar-refractivity contribution in [3.8, 4) is 0 Å². The van der Waals surface area contributed by atoms with Crippen molar-refractivity contribution < 1.29 is 8.78 Å². The van der Waals surface area contributed by atoms with Crippen LogP contribution in [-0.4, -0.2) is 6.54 Å².